The number of hydrogen-bond acceptors (Lipinski definition) is 5. The van der Waals surface area contributed by atoms with Gasteiger partial charge in [0.15, 0.2) is 5.69 Å². The number of nitro groups is 1. The number of H-pyrrole nitrogens is 1. The highest BCUT2D eigenvalue weighted by molar-refractivity contribution is 6.13. The van der Waals surface area contributed by atoms with Gasteiger partial charge in [0, 0.05) is 22.4 Å². The number of esters is 1. The van der Waals surface area contributed by atoms with E-state index in [0.29, 0.717) is 11.1 Å². The summed E-state index contributed by atoms with van der Waals surface area (Å²) in [7, 11) is 0. The van der Waals surface area contributed by atoms with E-state index in [1.807, 2.05) is 12.1 Å². The van der Waals surface area contributed by atoms with Crippen molar-refractivity contribution in [3.05, 3.63) is 57.5 Å². The van der Waals surface area contributed by atoms with Gasteiger partial charge in [-0.05, 0) is 31.0 Å². The van der Waals surface area contributed by atoms with Crippen molar-refractivity contribution in [2.45, 2.75) is 13.8 Å². The Morgan fingerprint density at radius 1 is 1.38 bits per heavy atom. The van der Waals surface area contributed by atoms with Crippen LogP contribution in [0.1, 0.15) is 28.5 Å². The van der Waals surface area contributed by atoms with Gasteiger partial charge in [-0.3, -0.25) is 10.1 Å². The van der Waals surface area contributed by atoms with Gasteiger partial charge in [0.05, 0.1) is 23.2 Å². The predicted octanol–water partition coefficient (Wildman–Crippen LogP) is 3.45. The van der Waals surface area contributed by atoms with Crippen LogP contribution in [0, 0.1) is 17.0 Å². The Hall–Kier alpha value is -3.22. The fraction of sp³-hybridized carbons (Fsp3) is 0.176. The first kappa shape index (κ1) is 15.7. The molecule has 0 aliphatic carbocycles. The van der Waals surface area contributed by atoms with E-state index in [-0.39, 0.29) is 12.3 Å². The molecule has 7 nitrogen and oxygen atoms in total. The van der Waals surface area contributed by atoms with Crippen LogP contribution >= 0.6 is 0 Å². The molecule has 122 valence electrons. The average molecular weight is 325 g/mol. The van der Waals surface area contributed by atoms with Crippen LogP contribution < -0.4 is 0 Å². The fourth-order valence-corrected chi connectivity index (χ4v) is 2.81. The van der Waals surface area contributed by atoms with Gasteiger partial charge >= 0.3 is 5.97 Å². The number of carbonyl (C=O) groups is 1. The van der Waals surface area contributed by atoms with E-state index in [0.717, 1.165) is 28.0 Å². The zero-order chi connectivity index (χ0) is 17.3. The minimum Gasteiger partial charge on any atom is -0.461 e. The maximum atomic E-state index is 12.1. The monoisotopic (exact) mass is 325 g/mol. The van der Waals surface area contributed by atoms with Crippen LogP contribution in [-0.4, -0.2) is 27.5 Å². The summed E-state index contributed by atoms with van der Waals surface area (Å²) in [6.45, 7) is 3.80. The van der Waals surface area contributed by atoms with E-state index in [4.69, 9.17) is 4.74 Å². The van der Waals surface area contributed by atoms with Crippen molar-refractivity contribution in [1.82, 2.24) is 9.97 Å². The normalized spacial score (nSPS) is 11.4. The summed E-state index contributed by atoms with van der Waals surface area (Å²) in [5.41, 5.74) is 3.20. The number of carbonyl (C=O) groups excluding carboxylic acids is 1. The van der Waals surface area contributed by atoms with Gasteiger partial charge in [0.1, 0.15) is 0 Å². The van der Waals surface area contributed by atoms with Crippen molar-refractivity contribution in [2.24, 2.45) is 0 Å². The molecule has 0 amide bonds. The zero-order valence-electron chi connectivity index (χ0n) is 13.2. The highest BCUT2D eigenvalue weighted by Crippen LogP contribution is 2.32. The molecule has 3 aromatic rings. The van der Waals surface area contributed by atoms with Crippen LogP contribution in [0.3, 0.4) is 0 Å². The van der Waals surface area contributed by atoms with Crippen molar-refractivity contribution in [1.29, 1.82) is 0 Å². The molecule has 0 atom stereocenters. The van der Waals surface area contributed by atoms with Crippen molar-refractivity contribution < 1.29 is 14.5 Å². The quantitative estimate of drug-likeness (QED) is 0.450. The number of ether oxygens (including phenoxy) is 1. The molecule has 0 aliphatic heterocycles. The lowest BCUT2D eigenvalue weighted by atomic mass is 10.0. The second kappa shape index (κ2) is 6.11. The molecule has 0 spiro atoms. The molecule has 0 saturated heterocycles. The standard InChI is InChI=1S/C17H15N3O4/c1-3-24-17(21)16-10(2)14-13(9-18-16)19-12-6-4-5-11(15(12)14)7-8-20(22)23/h4-9,19H,3H2,1-2H3. The minimum absolute atomic E-state index is 0.248. The van der Waals surface area contributed by atoms with Gasteiger partial charge in [-0.1, -0.05) is 12.1 Å². The lowest BCUT2D eigenvalue weighted by Gasteiger charge is -2.06. The van der Waals surface area contributed by atoms with Gasteiger partial charge in [0.2, 0.25) is 6.20 Å². The largest absolute Gasteiger partial charge is 0.461 e. The summed E-state index contributed by atoms with van der Waals surface area (Å²) >= 11 is 0. The highest BCUT2D eigenvalue weighted by Gasteiger charge is 2.18. The van der Waals surface area contributed by atoms with E-state index >= 15 is 0 Å². The zero-order valence-corrected chi connectivity index (χ0v) is 13.2. The molecule has 0 fully saturated rings. The molecule has 2 aromatic heterocycles. The third-order valence-corrected chi connectivity index (χ3v) is 3.78. The summed E-state index contributed by atoms with van der Waals surface area (Å²) in [5.74, 6) is -0.482. The van der Waals surface area contributed by atoms with Crippen molar-refractivity contribution >= 4 is 33.9 Å². The van der Waals surface area contributed by atoms with Gasteiger partial charge < -0.3 is 9.72 Å². The summed E-state index contributed by atoms with van der Waals surface area (Å²) in [5, 5.41) is 12.3. The molecule has 0 radical (unpaired) electrons. The van der Waals surface area contributed by atoms with E-state index in [2.05, 4.69) is 9.97 Å². The van der Waals surface area contributed by atoms with Crippen LogP contribution in [-0.2, 0) is 4.74 Å². The fourth-order valence-electron chi connectivity index (χ4n) is 2.81. The van der Waals surface area contributed by atoms with Crippen molar-refractivity contribution in [2.75, 3.05) is 6.61 Å². The molecular weight excluding hydrogens is 310 g/mol. The number of fused-ring (bicyclic) bond motifs is 3. The van der Waals surface area contributed by atoms with Gasteiger partial charge in [0.25, 0.3) is 0 Å². The van der Waals surface area contributed by atoms with E-state index in [1.165, 1.54) is 6.08 Å². The Balaban J connectivity index is 2.31. The molecule has 0 unspecified atom stereocenters. The van der Waals surface area contributed by atoms with Crippen molar-refractivity contribution in [3.8, 4) is 0 Å². The molecule has 0 bridgehead atoms. The molecular formula is C17H15N3O4. The molecule has 24 heavy (non-hydrogen) atoms. The number of pyridine rings is 1. The summed E-state index contributed by atoms with van der Waals surface area (Å²) in [6.07, 6.45) is 3.92. The molecule has 3 rings (SSSR count). The number of nitrogens with one attached hydrogen (secondary N) is 1. The number of hydrogen-bond donors (Lipinski definition) is 1. The number of aromatic amines is 1. The topological polar surface area (TPSA) is 98.1 Å². The van der Waals surface area contributed by atoms with Crippen LogP contribution in [0.4, 0.5) is 0 Å². The minimum atomic E-state index is -0.508. The van der Waals surface area contributed by atoms with Crippen LogP contribution in [0.5, 0.6) is 0 Å². The van der Waals surface area contributed by atoms with Crippen LogP contribution in [0.25, 0.3) is 27.9 Å². The third kappa shape index (κ3) is 2.60. The molecule has 0 aliphatic rings. The maximum absolute atomic E-state index is 12.1. The second-order valence-electron chi connectivity index (χ2n) is 5.24. The number of rotatable bonds is 4. The van der Waals surface area contributed by atoms with Crippen molar-refractivity contribution in [3.63, 3.8) is 0 Å². The van der Waals surface area contributed by atoms with E-state index in [1.54, 1.807) is 26.1 Å². The Morgan fingerprint density at radius 2 is 2.17 bits per heavy atom. The molecule has 1 N–H and O–H groups in total. The number of nitrogens with zero attached hydrogens (tertiary/aromatic N) is 2. The predicted molar refractivity (Wildman–Crippen MR) is 90.3 cm³/mol. The summed E-state index contributed by atoms with van der Waals surface area (Å²) in [6, 6.07) is 5.48. The molecule has 7 heteroatoms. The Kier molecular flexibility index (Phi) is 3.99. The number of aryl methyl sites for hydroxylation is 1. The average Bonchev–Trinajstić information content (AvgIpc) is 2.93. The van der Waals surface area contributed by atoms with Gasteiger partial charge in [-0.15, -0.1) is 0 Å². The van der Waals surface area contributed by atoms with Crippen LogP contribution in [0.15, 0.2) is 30.6 Å². The Morgan fingerprint density at radius 3 is 2.88 bits per heavy atom. The van der Waals surface area contributed by atoms with Crippen LogP contribution in [0.2, 0.25) is 0 Å². The molecule has 1 aromatic carbocycles. The van der Waals surface area contributed by atoms with Gasteiger partial charge in [-0.25, -0.2) is 9.78 Å². The SMILES string of the molecule is CCOC(=O)c1ncc2[nH]c3cccc(C=C[N+](=O)[O-])c3c2c1C. The number of aromatic nitrogens is 2. The van der Waals surface area contributed by atoms with E-state index in [9.17, 15) is 14.9 Å². The first-order chi connectivity index (χ1) is 11.5. The highest BCUT2D eigenvalue weighted by atomic mass is 16.6. The first-order valence-electron chi connectivity index (χ1n) is 7.41. The first-order valence-corrected chi connectivity index (χ1v) is 7.41. The van der Waals surface area contributed by atoms with E-state index < -0.39 is 10.9 Å². The maximum Gasteiger partial charge on any atom is 0.357 e. The lowest BCUT2D eigenvalue weighted by Crippen LogP contribution is -2.09. The number of benzene rings is 1. The molecule has 2 heterocycles. The Bertz CT molecular complexity index is 988. The smallest absolute Gasteiger partial charge is 0.357 e. The second-order valence-corrected chi connectivity index (χ2v) is 5.24. The van der Waals surface area contributed by atoms with Gasteiger partial charge in [-0.2, -0.15) is 0 Å². The Labute approximate surface area is 137 Å². The lowest BCUT2D eigenvalue weighted by molar-refractivity contribution is -0.400. The third-order valence-electron chi connectivity index (χ3n) is 3.78. The summed E-state index contributed by atoms with van der Waals surface area (Å²) < 4.78 is 5.04. The molecule has 0 saturated carbocycles. The summed E-state index contributed by atoms with van der Waals surface area (Å²) in [4.78, 5) is 29.6.